The van der Waals surface area contributed by atoms with Gasteiger partial charge in [-0.05, 0) is 18.8 Å². The van der Waals surface area contributed by atoms with Gasteiger partial charge >= 0.3 is 5.97 Å². The normalized spacial score (nSPS) is 13.1. The highest BCUT2D eigenvalue weighted by Gasteiger charge is 1.97. The first-order chi connectivity index (χ1) is 8.16. The van der Waals surface area contributed by atoms with E-state index in [0.29, 0.717) is 0 Å². The topological polar surface area (TPSA) is 37.3 Å². The fourth-order valence-electron chi connectivity index (χ4n) is 1.85. The van der Waals surface area contributed by atoms with Gasteiger partial charge in [-0.3, -0.25) is 0 Å². The molecule has 1 N–H and O–H groups in total. The summed E-state index contributed by atoms with van der Waals surface area (Å²) in [7, 11) is 0. The highest BCUT2D eigenvalue weighted by molar-refractivity contribution is 5.79. The van der Waals surface area contributed by atoms with Crippen molar-refractivity contribution < 1.29 is 9.90 Å². The Morgan fingerprint density at radius 2 is 1.71 bits per heavy atom. The molecule has 0 fully saturated rings. The molecular weight excluding hydrogens is 212 g/mol. The summed E-state index contributed by atoms with van der Waals surface area (Å²) in [5, 5.41) is 8.39. The second-order valence-electron chi connectivity index (χ2n) is 4.95. The van der Waals surface area contributed by atoms with Crippen molar-refractivity contribution in [1.29, 1.82) is 0 Å². The third-order valence-electron chi connectivity index (χ3n) is 3.28. The molecule has 0 aliphatic rings. The van der Waals surface area contributed by atoms with Crippen LogP contribution in [0.5, 0.6) is 0 Å². The lowest BCUT2D eigenvalue weighted by Crippen LogP contribution is -1.91. The van der Waals surface area contributed by atoms with Gasteiger partial charge in [0.15, 0.2) is 0 Å². The van der Waals surface area contributed by atoms with Gasteiger partial charge in [-0.2, -0.15) is 0 Å². The number of aliphatic carboxylic acids is 1. The Labute approximate surface area is 106 Å². The molecule has 1 atom stereocenters. The standard InChI is InChI=1S/C15H28O2/c1-3-14(2)12-10-8-6-4-5-7-9-11-13-15(16)17/h11,13-14H,3-10,12H2,1-2H3,(H,16,17). The van der Waals surface area contributed by atoms with Gasteiger partial charge in [0.2, 0.25) is 0 Å². The predicted molar refractivity (Wildman–Crippen MR) is 73.2 cm³/mol. The maximum atomic E-state index is 10.2. The fraction of sp³-hybridized carbons (Fsp3) is 0.800. The Hall–Kier alpha value is -0.790. The quantitative estimate of drug-likeness (QED) is 0.416. The SMILES string of the molecule is CCC(C)CCCCCCCCC=CC(=O)O. The van der Waals surface area contributed by atoms with Gasteiger partial charge in [0.1, 0.15) is 0 Å². The fourth-order valence-corrected chi connectivity index (χ4v) is 1.85. The van der Waals surface area contributed by atoms with Crippen LogP contribution in [0.4, 0.5) is 0 Å². The van der Waals surface area contributed by atoms with Crippen molar-refractivity contribution >= 4 is 5.97 Å². The Morgan fingerprint density at radius 3 is 2.29 bits per heavy atom. The predicted octanol–water partition coefficient (Wildman–Crippen LogP) is 4.79. The summed E-state index contributed by atoms with van der Waals surface area (Å²) in [4.78, 5) is 10.2. The Kier molecular flexibility index (Phi) is 11.1. The van der Waals surface area contributed by atoms with Crippen molar-refractivity contribution in [3.63, 3.8) is 0 Å². The van der Waals surface area contributed by atoms with E-state index in [-0.39, 0.29) is 0 Å². The monoisotopic (exact) mass is 240 g/mol. The smallest absolute Gasteiger partial charge is 0.327 e. The highest BCUT2D eigenvalue weighted by atomic mass is 16.4. The average molecular weight is 240 g/mol. The Balaban J connectivity index is 3.11. The van der Waals surface area contributed by atoms with Gasteiger partial charge in [0, 0.05) is 6.08 Å². The molecule has 17 heavy (non-hydrogen) atoms. The van der Waals surface area contributed by atoms with Crippen LogP contribution in [0.1, 0.15) is 71.6 Å². The molecule has 0 saturated carbocycles. The molecule has 0 aromatic rings. The van der Waals surface area contributed by atoms with Gasteiger partial charge < -0.3 is 5.11 Å². The molecule has 0 aromatic heterocycles. The number of hydrogen-bond donors (Lipinski definition) is 1. The molecule has 0 radical (unpaired) electrons. The molecule has 0 aromatic carbocycles. The van der Waals surface area contributed by atoms with Crippen molar-refractivity contribution in [2.24, 2.45) is 5.92 Å². The maximum Gasteiger partial charge on any atom is 0.327 e. The van der Waals surface area contributed by atoms with Crippen LogP contribution in [0.2, 0.25) is 0 Å². The van der Waals surface area contributed by atoms with Gasteiger partial charge in [-0.25, -0.2) is 4.79 Å². The zero-order chi connectivity index (χ0) is 12.9. The van der Waals surface area contributed by atoms with E-state index >= 15 is 0 Å². The third kappa shape index (κ3) is 13.1. The van der Waals surface area contributed by atoms with E-state index in [0.717, 1.165) is 18.8 Å². The molecule has 0 bridgehead atoms. The Bertz CT molecular complexity index is 209. The second kappa shape index (κ2) is 11.7. The van der Waals surface area contributed by atoms with E-state index in [1.807, 2.05) is 0 Å². The number of carbonyl (C=O) groups is 1. The molecule has 2 heteroatoms. The van der Waals surface area contributed by atoms with Crippen molar-refractivity contribution in [2.45, 2.75) is 71.6 Å². The number of carboxylic acid groups (broad SMARTS) is 1. The molecule has 0 spiro atoms. The van der Waals surface area contributed by atoms with Crippen LogP contribution in [0.3, 0.4) is 0 Å². The lowest BCUT2D eigenvalue weighted by molar-refractivity contribution is -0.131. The average Bonchev–Trinajstić information content (AvgIpc) is 2.30. The van der Waals surface area contributed by atoms with E-state index in [1.165, 1.54) is 51.0 Å². The number of rotatable bonds is 11. The van der Waals surface area contributed by atoms with Crippen LogP contribution in [0.25, 0.3) is 0 Å². The molecule has 0 rings (SSSR count). The van der Waals surface area contributed by atoms with E-state index < -0.39 is 5.97 Å². The summed E-state index contributed by atoms with van der Waals surface area (Å²) < 4.78 is 0. The second-order valence-corrected chi connectivity index (χ2v) is 4.95. The summed E-state index contributed by atoms with van der Waals surface area (Å²) >= 11 is 0. The molecule has 2 nitrogen and oxygen atoms in total. The summed E-state index contributed by atoms with van der Waals surface area (Å²) in [6, 6.07) is 0. The minimum Gasteiger partial charge on any atom is -0.478 e. The molecule has 0 heterocycles. The molecular formula is C15H28O2. The van der Waals surface area contributed by atoms with E-state index in [2.05, 4.69) is 13.8 Å². The summed E-state index contributed by atoms with van der Waals surface area (Å²) in [6.07, 6.45) is 14.3. The first-order valence-corrected chi connectivity index (χ1v) is 7.06. The number of carboxylic acids is 1. The van der Waals surface area contributed by atoms with Crippen LogP contribution >= 0.6 is 0 Å². The zero-order valence-electron chi connectivity index (χ0n) is 11.5. The largest absolute Gasteiger partial charge is 0.478 e. The van der Waals surface area contributed by atoms with E-state index in [4.69, 9.17) is 5.11 Å². The molecule has 0 amide bonds. The van der Waals surface area contributed by atoms with Crippen LogP contribution in [0.15, 0.2) is 12.2 Å². The van der Waals surface area contributed by atoms with E-state index in [1.54, 1.807) is 6.08 Å². The first kappa shape index (κ1) is 16.2. The lowest BCUT2D eigenvalue weighted by Gasteiger charge is -2.07. The maximum absolute atomic E-state index is 10.2. The van der Waals surface area contributed by atoms with Gasteiger partial charge in [0.05, 0.1) is 0 Å². The van der Waals surface area contributed by atoms with Crippen LogP contribution in [-0.4, -0.2) is 11.1 Å². The molecule has 0 aliphatic carbocycles. The third-order valence-corrected chi connectivity index (χ3v) is 3.28. The van der Waals surface area contributed by atoms with Crippen molar-refractivity contribution in [1.82, 2.24) is 0 Å². The van der Waals surface area contributed by atoms with Crippen molar-refractivity contribution in [3.8, 4) is 0 Å². The van der Waals surface area contributed by atoms with Crippen molar-refractivity contribution in [2.75, 3.05) is 0 Å². The molecule has 1 unspecified atom stereocenters. The van der Waals surface area contributed by atoms with Gasteiger partial charge in [-0.15, -0.1) is 0 Å². The number of hydrogen-bond acceptors (Lipinski definition) is 1. The number of unbranched alkanes of at least 4 members (excludes halogenated alkanes) is 6. The minimum absolute atomic E-state index is 0.838. The number of allylic oxidation sites excluding steroid dienone is 1. The lowest BCUT2D eigenvalue weighted by atomic mass is 10.00. The van der Waals surface area contributed by atoms with Crippen LogP contribution in [0, 0.1) is 5.92 Å². The first-order valence-electron chi connectivity index (χ1n) is 7.06. The molecule has 100 valence electrons. The van der Waals surface area contributed by atoms with E-state index in [9.17, 15) is 4.79 Å². The molecule has 0 saturated heterocycles. The summed E-state index contributed by atoms with van der Waals surface area (Å²) in [5.41, 5.74) is 0. The highest BCUT2D eigenvalue weighted by Crippen LogP contribution is 2.14. The summed E-state index contributed by atoms with van der Waals surface area (Å²) in [6.45, 7) is 4.59. The zero-order valence-corrected chi connectivity index (χ0v) is 11.5. The molecule has 0 aliphatic heterocycles. The van der Waals surface area contributed by atoms with Crippen LogP contribution in [-0.2, 0) is 4.79 Å². The minimum atomic E-state index is -0.838. The Morgan fingerprint density at radius 1 is 1.12 bits per heavy atom. The van der Waals surface area contributed by atoms with Crippen molar-refractivity contribution in [3.05, 3.63) is 12.2 Å². The van der Waals surface area contributed by atoms with Gasteiger partial charge in [0.25, 0.3) is 0 Å². The van der Waals surface area contributed by atoms with Gasteiger partial charge in [-0.1, -0.05) is 64.9 Å². The summed E-state index contributed by atoms with van der Waals surface area (Å²) in [5.74, 6) is 0.0474. The van der Waals surface area contributed by atoms with Crippen LogP contribution < -0.4 is 0 Å².